The minimum Gasteiger partial charge on any atom is -0.481 e. The van der Waals surface area contributed by atoms with Gasteiger partial charge in [0, 0.05) is 0 Å². The standard InChI is InChI=1S/C15H23NO4S/c1-10(2)12-5-6-14(13(9-12)11(3)4)16-21(19,20)8-7-15(17)18/h5-6,9-11,16H,7-8H2,1-4H3,(H,17,18). The molecule has 2 N–H and O–H groups in total. The third kappa shape index (κ3) is 5.38. The van der Waals surface area contributed by atoms with Crippen LogP contribution in [0.25, 0.3) is 0 Å². The van der Waals surface area contributed by atoms with Crippen LogP contribution in [-0.2, 0) is 14.8 Å². The number of carboxylic acid groups (broad SMARTS) is 1. The number of nitrogens with one attached hydrogen (secondary N) is 1. The molecule has 1 aromatic rings. The lowest BCUT2D eigenvalue weighted by Gasteiger charge is -2.17. The monoisotopic (exact) mass is 313 g/mol. The second-order valence-electron chi connectivity index (χ2n) is 5.72. The molecular formula is C15H23NO4S. The topological polar surface area (TPSA) is 83.5 Å². The second kappa shape index (κ2) is 6.93. The number of carbonyl (C=O) groups is 1. The fraction of sp³-hybridized carbons (Fsp3) is 0.533. The maximum atomic E-state index is 11.9. The lowest BCUT2D eigenvalue weighted by atomic mass is 9.94. The lowest BCUT2D eigenvalue weighted by Crippen LogP contribution is -2.20. The molecule has 0 aliphatic heterocycles. The van der Waals surface area contributed by atoms with Crippen molar-refractivity contribution in [2.75, 3.05) is 10.5 Å². The molecule has 1 aromatic carbocycles. The first-order chi connectivity index (χ1) is 9.62. The van der Waals surface area contributed by atoms with Crippen LogP contribution in [-0.4, -0.2) is 25.2 Å². The Morgan fingerprint density at radius 1 is 1.19 bits per heavy atom. The van der Waals surface area contributed by atoms with Crippen molar-refractivity contribution in [3.05, 3.63) is 29.3 Å². The predicted molar refractivity (Wildman–Crippen MR) is 84.3 cm³/mol. The molecule has 0 radical (unpaired) electrons. The van der Waals surface area contributed by atoms with Crippen LogP contribution in [0.3, 0.4) is 0 Å². The van der Waals surface area contributed by atoms with E-state index < -0.39 is 28.2 Å². The summed E-state index contributed by atoms with van der Waals surface area (Å²) in [5.74, 6) is -1.02. The van der Waals surface area contributed by atoms with E-state index in [0.29, 0.717) is 11.6 Å². The second-order valence-corrected chi connectivity index (χ2v) is 7.56. The Morgan fingerprint density at radius 2 is 1.81 bits per heavy atom. The SMILES string of the molecule is CC(C)c1ccc(NS(=O)(=O)CCC(=O)O)c(C(C)C)c1. The molecule has 6 heteroatoms. The first-order valence-corrected chi connectivity index (χ1v) is 8.63. The van der Waals surface area contributed by atoms with Gasteiger partial charge in [-0.2, -0.15) is 0 Å². The molecule has 0 unspecified atom stereocenters. The van der Waals surface area contributed by atoms with Crippen molar-refractivity contribution >= 4 is 21.7 Å². The van der Waals surface area contributed by atoms with Gasteiger partial charge < -0.3 is 5.11 Å². The van der Waals surface area contributed by atoms with Crippen molar-refractivity contribution in [1.29, 1.82) is 0 Å². The molecule has 0 amide bonds. The van der Waals surface area contributed by atoms with Gasteiger partial charge in [-0.15, -0.1) is 0 Å². The van der Waals surface area contributed by atoms with Gasteiger partial charge in [0.05, 0.1) is 17.9 Å². The molecule has 21 heavy (non-hydrogen) atoms. The Hall–Kier alpha value is -1.56. The van der Waals surface area contributed by atoms with Crippen LogP contribution in [0.15, 0.2) is 18.2 Å². The molecule has 1 rings (SSSR count). The van der Waals surface area contributed by atoms with Gasteiger partial charge in [-0.1, -0.05) is 39.8 Å². The summed E-state index contributed by atoms with van der Waals surface area (Å²) in [7, 11) is -3.65. The Labute approximate surface area is 126 Å². The highest BCUT2D eigenvalue weighted by atomic mass is 32.2. The Morgan fingerprint density at radius 3 is 2.29 bits per heavy atom. The number of hydrogen-bond donors (Lipinski definition) is 2. The molecule has 0 aliphatic carbocycles. The summed E-state index contributed by atoms with van der Waals surface area (Å²) in [6.45, 7) is 8.15. The molecule has 0 aliphatic rings. The van der Waals surface area contributed by atoms with E-state index in [4.69, 9.17) is 5.11 Å². The van der Waals surface area contributed by atoms with Gasteiger partial charge >= 0.3 is 5.97 Å². The zero-order chi connectivity index (χ0) is 16.2. The third-order valence-electron chi connectivity index (χ3n) is 3.21. The van der Waals surface area contributed by atoms with Gasteiger partial charge in [0.15, 0.2) is 0 Å². The van der Waals surface area contributed by atoms with Crippen molar-refractivity contribution in [3.63, 3.8) is 0 Å². The van der Waals surface area contributed by atoms with Crippen molar-refractivity contribution in [2.24, 2.45) is 0 Å². The number of anilines is 1. The van der Waals surface area contributed by atoms with Gasteiger partial charge in [0.1, 0.15) is 0 Å². The van der Waals surface area contributed by atoms with E-state index in [-0.39, 0.29) is 5.92 Å². The lowest BCUT2D eigenvalue weighted by molar-refractivity contribution is -0.136. The number of rotatable bonds is 7. The summed E-state index contributed by atoms with van der Waals surface area (Å²) in [5.41, 5.74) is 2.59. The van der Waals surface area contributed by atoms with E-state index in [2.05, 4.69) is 18.6 Å². The average molecular weight is 313 g/mol. The molecule has 5 nitrogen and oxygen atoms in total. The van der Waals surface area contributed by atoms with E-state index in [1.54, 1.807) is 6.07 Å². The van der Waals surface area contributed by atoms with E-state index in [0.717, 1.165) is 11.1 Å². The number of sulfonamides is 1. The minimum absolute atomic E-state index is 0.167. The average Bonchev–Trinajstić information content (AvgIpc) is 2.36. The molecule has 0 aromatic heterocycles. The largest absolute Gasteiger partial charge is 0.481 e. The first kappa shape index (κ1) is 17.5. The molecule has 0 saturated heterocycles. The maximum Gasteiger partial charge on any atom is 0.304 e. The van der Waals surface area contributed by atoms with Crippen LogP contribution in [0.4, 0.5) is 5.69 Å². The van der Waals surface area contributed by atoms with E-state index >= 15 is 0 Å². The highest BCUT2D eigenvalue weighted by Gasteiger charge is 2.17. The van der Waals surface area contributed by atoms with E-state index in [9.17, 15) is 13.2 Å². The van der Waals surface area contributed by atoms with E-state index in [1.807, 2.05) is 26.0 Å². The number of hydrogen-bond acceptors (Lipinski definition) is 3. The van der Waals surface area contributed by atoms with Crippen LogP contribution in [0.1, 0.15) is 57.1 Å². The highest BCUT2D eigenvalue weighted by Crippen LogP contribution is 2.29. The normalized spacial score (nSPS) is 11.9. The number of aliphatic carboxylic acids is 1. The van der Waals surface area contributed by atoms with Crippen LogP contribution in [0.5, 0.6) is 0 Å². The van der Waals surface area contributed by atoms with Crippen LogP contribution in [0, 0.1) is 0 Å². The molecule has 118 valence electrons. The zero-order valence-corrected chi connectivity index (χ0v) is 13.7. The predicted octanol–water partition coefficient (Wildman–Crippen LogP) is 3.15. The first-order valence-electron chi connectivity index (χ1n) is 6.98. The molecule has 0 bridgehead atoms. The molecule has 0 atom stereocenters. The smallest absolute Gasteiger partial charge is 0.304 e. The van der Waals surface area contributed by atoms with Gasteiger partial charge in [-0.3, -0.25) is 9.52 Å². The minimum atomic E-state index is -3.65. The molecular weight excluding hydrogens is 290 g/mol. The van der Waals surface area contributed by atoms with Crippen LogP contribution in [0.2, 0.25) is 0 Å². The molecule has 0 saturated carbocycles. The van der Waals surface area contributed by atoms with Crippen LogP contribution >= 0.6 is 0 Å². The maximum absolute atomic E-state index is 11.9. The highest BCUT2D eigenvalue weighted by molar-refractivity contribution is 7.92. The molecule has 0 heterocycles. The van der Waals surface area contributed by atoms with Gasteiger partial charge in [-0.05, 0) is 29.0 Å². The summed E-state index contributed by atoms with van der Waals surface area (Å²) < 4.78 is 26.3. The van der Waals surface area contributed by atoms with Crippen molar-refractivity contribution in [1.82, 2.24) is 0 Å². The number of benzene rings is 1. The summed E-state index contributed by atoms with van der Waals surface area (Å²) in [5, 5.41) is 8.59. The fourth-order valence-electron chi connectivity index (χ4n) is 1.95. The Kier molecular flexibility index (Phi) is 5.78. The van der Waals surface area contributed by atoms with Crippen molar-refractivity contribution in [3.8, 4) is 0 Å². The van der Waals surface area contributed by atoms with E-state index in [1.165, 1.54) is 0 Å². The van der Waals surface area contributed by atoms with Crippen molar-refractivity contribution < 1.29 is 18.3 Å². The number of carboxylic acids is 1. The summed E-state index contributed by atoms with van der Waals surface area (Å²) in [4.78, 5) is 10.5. The zero-order valence-electron chi connectivity index (χ0n) is 12.9. The molecule has 0 fully saturated rings. The van der Waals surface area contributed by atoms with Gasteiger partial charge in [-0.25, -0.2) is 8.42 Å². The van der Waals surface area contributed by atoms with Gasteiger partial charge in [0.25, 0.3) is 0 Å². The molecule has 0 spiro atoms. The quantitative estimate of drug-likeness (QED) is 0.810. The summed E-state index contributed by atoms with van der Waals surface area (Å²) >= 11 is 0. The fourth-order valence-corrected chi connectivity index (χ4v) is 3.02. The Balaban J connectivity index is 3.05. The van der Waals surface area contributed by atoms with Crippen LogP contribution < -0.4 is 4.72 Å². The third-order valence-corrected chi connectivity index (χ3v) is 4.49. The van der Waals surface area contributed by atoms with Crippen molar-refractivity contribution in [2.45, 2.75) is 46.0 Å². The summed E-state index contributed by atoms with van der Waals surface area (Å²) in [6.07, 6.45) is -0.406. The Bertz CT molecular complexity index is 606. The summed E-state index contributed by atoms with van der Waals surface area (Å²) in [6, 6.07) is 5.65. The van der Waals surface area contributed by atoms with Gasteiger partial charge in [0.2, 0.25) is 10.0 Å².